The van der Waals surface area contributed by atoms with Crippen LogP contribution in [0.1, 0.15) is 34.6 Å². The molecule has 4 nitrogen and oxygen atoms in total. The Morgan fingerprint density at radius 3 is 2.54 bits per heavy atom. The maximum absolute atomic E-state index is 13.4. The number of fused-ring (bicyclic) bond motifs is 1. The third kappa shape index (κ3) is 3.32. The second-order valence-corrected chi connectivity index (χ2v) is 7.11. The number of rotatable bonds is 4. The average molecular weight is 393 g/mol. The number of halogens is 1. The fourth-order valence-corrected chi connectivity index (χ4v) is 3.57. The molecular formula is C23H21ClN2O2. The van der Waals surface area contributed by atoms with Crippen molar-refractivity contribution in [3.05, 3.63) is 88.4 Å². The highest BCUT2D eigenvalue weighted by Crippen LogP contribution is 2.38. The van der Waals surface area contributed by atoms with Crippen LogP contribution in [0.2, 0.25) is 5.02 Å². The highest BCUT2D eigenvalue weighted by Gasteiger charge is 2.34. The number of hydrogen-bond acceptors (Lipinski definition) is 3. The van der Waals surface area contributed by atoms with E-state index in [9.17, 15) is 4.79 Å². The van der Waals surface area contributed by atoms with E-state index in [4.69, 9.17) is 16.3 Å². The normalized spacial score (nSPS) is 15.8. The lowest BCUT2D eigenvalue weighted by molar-refractivity contribution is 0.0975. The van der Waals surface area contributed by atoms with Gasteiger partial charge in [-0.25, -0.2) is 0 Å². The largest absolute Gasteiger partial charge is 0.494 e. The van der Waals surface area contributed by atoms with Crippen molar-refractivity contribution in [1.82, 2.24) is 0 Å². The highest BCUT2D eigenvalue weighted by atomic mass is 35.5. The molecule has 0 fully saturated rings. The average Bonchev–Trinajstić information content (AvgIpc) is 2.71. The predicted octanol–water partition coefficient (Wildman–Crippen LogP) is 5.82. The Bertz CT molecular complexity index is 1020. The Labute approximate surface area is 169 Å². The standard InChI is InChI=1S/C23H21ClN2O2/c1-3-28-18-12-9-16(10-13-18)22-25-21-7-5-4-6-19(21)23(27)26(22)17-11-8-15(2)20(24)14-17/h4-14,22,25H,3H2,1-2H3/t22-/m1/s1. The minimum Gasteiger partial charge on any atom is -0.494 e. The van der Waals surface area contributed by atoms with E-state index in [2.05, 4.69) is 5.32 Å². The number of nitrogens with zero attached hydrogens (tertiary/aromatic N) is 1. The van der Waals surface area contributed by atoms with Crippen molar-refractivity contribution in [2.45, 2.75) is 20.0 Å². The molecule has 0 aromatic heterocycles. The first-order valence-electron chi connectivity index (χ1n) is 9.26. The molecule has 0 unspecified atom stereocenters. The third-order valence-corrected chi connectivity index (χ3v) is 5.27. The Kier molecular flexibility index (Phi) is 4.97. The van der Waals surface area contributed by atoms with Crippen LogP contribution in [0, 0.1) is 6.92 Å². The number of para-hydroxylation sites is 1. The van der Waals surface area contributed by atoms with E-state index in [1.54, 1.807) is 4.90 Å². The molecule has 1 atom stereocenters. The van der Waals surface area contributed by atoms with Gasteiger partial charge in [-0.3, -0.25) is 9.69 Å². The molecule has 1 heterocycles. The predicted molar refractivity (Wildman–Crippen MR) is 113 cm³/mol. The number of aryl methyl sites for hydroxylation is 1. The number of carbonyl (C=O) groups excluding carboxylic acids is 1. The lowest BCUT2D eigenvalue weighted by atomic mass is 10.0. The number of nitrogens with one attached hydrogen (secondary N) is 1. The molecule has 0 saturated heterocycles. The summed E-state index contributed by atoms with van der Waals surface area (Å²) in [5.74, 6) is 0.742. The number of benzene rings is 3. The van der Waals surface area contributed by atoms with E-state index in [-0.39, 0.29) is 12.1 Å². The summed E-state index contributed by atoms with van der Waals surface area (Å²) in [5.41, 5.74) is 4.15. The number of anilines is 2. The van der Waals surface area contributed by atoms with Crippen LogP contribution in [-0.4, -0.2) is 12.5 Å². The van der Waals surface area contributed by atoms with Crippen LogP contribution in [0.15, 0.2) is 66.7 Å². The van der Waals surface area contributed by atoms with E-state index in [1.807, 2.05) is 80.6 Å². The van der Waals surface area contributed by atoms with Gasteiger partial charge in [0.2, 0.25) is 0 Å². The first kappa shape index (κ1) is 18.4. The molecule has 1 aliphatic rings. The fourth-order valence-electron chi connectivity index (χ4n) is 3.40. The maximum atomic E-state index is 13.4. The molecule has 0 aliphatic carbocycles. The SMILES string of the molecule is CCOc1ccc([C@@H]2Nc3ccccc3C(=O)N2c2ccc(C)c(Cl)c2)cc1. The first-order valence-corrected chi connectivity index (χ1v) is 9.64. The van der Waals surface area contributed by atoms with Gasteiger partial charge in [0.1, 0.15) is 11.9 Å². The molecule has 0 radical (unpaired) electrons. The topological polar surface area (TPSA) is 41.6 Å². The Morgan fingerprint density at radius 1 is 1.07 bits per heavy atom. The van der Waals surface area contributed by atoms with Gasteiger partial charge in [0, 0.05) is 16.4 Å². The minimum absolute atomic E-state index is 0.0619. The summed E-state index contributed by atoms with van der Waals surface area (Å²) in [6, 6.07) is 21.1. The monoisotopic (exact) mass is 392 g/mol. The molecule has 1 amide bonds. The van der Waals surface area contributed by atoms with Gasteiger partial charge in [-0.2, -0.15) is 0 Å². The van der Waals surface area contributed by atoms with Crippen LogP contribution in [0.4, 0.5) is 11.4 Å². The third-order valence-electron chi connectivity index (χ3n) is 4.87. The van der Waals surface area contributed by atoms with Crippen LogP contribution < -0.4 is 15.0 Å². The quantitative estimate of drug-likeness (QED) is 0.608. The zero-order valence-corrected chi connectivity index (χ0v) is 16.5. The summed E-state index contributed by atoms with van der Waals surface area (Å²) < 4.78 is 5.55. The smallest absolute Gasteiger partial charge is 0.262 e. The van der Waals surface area contributed by atoms with Crippen molar-refractivity contribution >= 4 is 28.9 Å². The van der Waals surface area contributed by atoms with E-state index >= 15 is 0 Å². The molecule has 0 bridgehead atoms. The Morgan fingerprint density at radius 2 is 1.82 bits per heavy atom. The van der Waals surface area contributed by atoms with Crippen molar-refractivity contribution in [2.75, 3.05) is 16.8 Å². The zero-order valence-electron chi connectivity index (χ0n) is 15.8. The molecular weight excluding hydrogens is 372 g/mol. The highest BCUT2D eigenvalue weighted by molar-refractivity contribution is 6.31. The van der Waals surface area contributed by atoms with E-state index in [0.29, 0.717) is 17.2 Å². The van der Waals surface area contributed by atoms with Crippen molar-refractivity contribution < 1.29 is 9.53 Å². The summed E-state index contributed by atoms with van der Waals surface area (Å²) in [7, 11) is 0. The molecule has 3 aromatic rings. The first-order chi connectivity index (χ1) is 13.6. The molecule has 5 heteroatoms. The second kappa shape index (κ2) is 7.56. The number of hydrogen-bond donors (Lipinski definition) is 1. The van der Waals surface area contributed by atoms with Gasteiger partial charge in [0.25, 0.3) is 5.91 Å². The van der Waals surface area contributed by atoms with Crippen LogP contribution in [0.25, 0.3) is 0 Å². The van der Waals surface area contributed by atoms with Gasteiger partial charge in [-0.05, 0) is 61.4 Å². The lowest BCUT2D eigenvalue weighted by Crippen LogP contribution is -2.43. The van der Waals surface area contributed by atoms with E-state index < -0.39 is 0 Å². The number of amides is 1. The van der Waals surface area contributed by atoms with Crippen LogP contribution in [0.3, 0.4) is 0 Å². The van der Waals surface area contributed by atoms with Crippen LogP contribution in [-0.2, 0) is 0 Å². The summed E-state index contributed by atoms with van der Waals surface area (Å²) in [5, 5.41) is 4.13. The van der Waals surface area contributed by atoms with Crippen molar-refractivity contribution in [1.29, 1.82) is 0 Å². The molecule has 0 saturated carbocycles. The van der Waals surface area contributed by atoms with Crippen LogP contribution >= 0.6 is 11.6 Å². The van der Waals surface area contributed by atoms with Crippen LogP contribution in [0.5, 0.6) is 5.75 Å². The van der Waals surface area contributed by atoms with Gasteiger partial charge in [0.15, 0.2) is 0 Å². The molecule has 28 heavy (non-hydrogen) atoms. The summed E-state index contributed by atoms with van der Waals surface area (Å²) in [6.07, 6.45) is -0.350. The van der Waals surface area contributed by atoms with Crippen molar-refractivity contribution in [2.24, 2.45) is 0 Å². The van der Waals surface area contributed by atoms with Crippen molar-refractivity contribution in [3.63, 3.8) is 0 Å². The minimum atomic E-state index is -0.350. The van der Waals surface area contributed by atoms with Gasteiger partial charge >= 0.3 is 0 Å². The zero-order chi connectivity index (χ0) is 19.7. The number of carbonyl (C=O) groups is 1. The summed E-state index contributed by atoms with van der Waals surface area (Å²) >= 11 is 6.36. The Hall–Kier alpha value is -2.98. The molecule has 4 rings (SSSR count). The number of ether oxygens (including phenoxy) is 1. The molecule has 1 N–H and O–H groups in total. The molecule has 3 aromatic carbocycles. The van der Waals surface area contributed by atoms with Crippen molar-refractivity contribution in [3.8, 4) is 5.75 Å². The van der Waals surface area contributed by atoms with Gasteiger partial charge in [0.05, 0.1) is 12.2 Å². The maximum Gasteiger partial charge on any atom is 0.262 e. The van der Waals surface area contributed by atoms with E-state index in [0.717, 1.165) is 28.3 Å². The fraction of sp³-hybridized carbons (Fsp3) is 0.174. The lowest BCUT2D eigenvalue weighted by Gasteiger charge is -2.38. The van der Waals surface area contributed by atoms with Gasteiger partial charge in [-0.1, -0.05) is 41.9 Å². The Balaban J connectivity index is 1.81. The molecule has 0 spiro atoms. The summed E-state index contributed by atoms with van der Waals surface area (Å²) in [6.45, 7) is 4.51. The molecule has 142 valence electrons. The van der Waals surface area contributed by atoms with Gasteiger partial charge in [-0.15, -0.1) is 0 Å². The second-order valence-electron chi connectivity index (χ2n) is 6.70. The summed E-state index contributed by atoms with van der Waals surface area (Å²) in [4.78, 5) is 15.1. The van der Waals surface area contributed by atoms with E-state index in [1.165, 1.54) is 0 Å². The van der Waals surface area contributed by atoms with Gasteiger partial charge < -0.3 is 10.1 Å². The molecule has 1 aliphatic heterocycles.